The van der Waals surface area contributed by atoms with E-state index in [0.29, 0.717) is 19.5 Å². The van der Waals surface area contributed by atoms with Crippen LogP contribution < -0.4 is 5.73 Å². The Morgan fingerprint density at radius 3 is 2.82 bits per heavy atom. The van der Waals surface area contributed by atoms with Crippen LogP contribution in [0.15, 0.2) is 23.0 Å². The summed E-state index contributed by atoms with van der Waals surface area (Å²) in [6.45, 7) is 1.02. The smallest absolute Gasteiger partial charge is 0.152 e. The summed E-state index contributed by atoms with van der Waals surface area (Å²) in [4.78, 5) is 2.03. The third-order valence-electron chi connectivity index (χ3n) is 3.56. The minimum atomic E-state index is -2.94. The average molecular weight is 258 g/mol. The van der Waals surface area contributed by atoms with Crippen molar-refractivity contribution in [2.45, 2.75) is 18.5 Å². The number of hydrogen-bond donors (Lipinski definition) is 1. The van der Waals surface area contributed by atoms with Crippen LogP contribution in [0.5, 0.6) is 0 Å². The highest BCUT2D eigenvalue weighted by molar-refractivity contribution is 7.91. The van der Waals surface area contributed by atoms with Crippen LogP contribution in [0.4, 0.5) is 0 Å². The Balaban J connectivity index is 2.13. The Kier molecular flexibility index (Phi) is 3.29. The Hall–Kier alpha value is -0.850. The Labute approximate surface area is 101 Å². The lowest BCUT2D eigenvalue weighted by Crippen LogP contribution is -2.52. The minimum absolute atomic E-state index is 0.158. The third kappa shape index (κ3) is 2.53. The summed E-state index contributed by atoms with van der Waals surface area (Å²) in [5.41, 5.74) is 6.40. The van der Waals surface area contributed by atoms with Crippen LogP contribution in [-0.4, -0.2) is 44.0 Å². The average Bonchev–Trinajstić information content (AvgIpc) is 2.86. The second kappa shape index (κ2) is 4.44. The quantitative estimate of drug-likeness (QED) is 0.836. The molecule has 1 aliphatic heterocycles. The summed E-state index contributed by atoms with van der Waals surface area (Å²) >= 11 is 0. The van der Waals surface area contributed by atoms with E-state index in [0.717, 1.165) is 5.56 Å². The third-order valence-corrected chi connectivity index (χ3v) is 5.36. The topological polar surface area (TPSA) is 76.5 Å². The molecule has 1 aromatic heterocycles. The first-order valence-corrected chi connectivity index (χ1v) is 7.42. The summed E-state index contributed by atoms with van der Waals surface area (Å²) in [5, 5.41) is 0. The van der Waals surface area contributed by atoms with Gasteiger partial charge in [-0.05, 0) is 19.5 Å². The number of hydrogen-bond acceptors (Lipinski definition) is 5. The number of sulfone groups is 1. The molecule has 1 saturated heterocycles. The van der Waals surface area contributed by atoms with Crippen molar-refractivity contribution < 1.29 is 12.8 Å². The monoisotopic (exact) mass is 258 g/mol. The molecule has 0 amide bonds. The van der Waals surface area contributed by atoms with Gasteiger partial charge in [-0.3, -0.25) is 4.90 Å². The second-order valence-electron chi connectivity index (χ2n) is 4.76. The van der Waals surface area contributed by atoms with E-state index >= 15 is 0 Å². The molecule has 1 aliphatic rings. The van der Waals surface area contributed by atoms with Crippen molar-refractivity contribution in [3.63, 3.8) is 0 Å². The molecule has 5 nitrogen and oxygen atoms in total. The fourth-order valence-corrected chi connectivity index (χ4v) is 4.48. The summed E-state index contributed by atoms with van der Waals surface area (Å²) < 4.78 is 28.2. The molecule has 0 radical (unpaired) electrons. The van der Waals surface area contributed by atoms with Gasteiger partial charge in [0.1, 0.15) is 0 Å². The molecule has 1 atom stereocenters. The molecule has 17 heavy (non-hydrogen) atoms. The molecule has 0 bridgehead atoms. The van der Waals surface area contributed by atoms with Gasteiger partial charge < -0.3 is 10.2 Å². The minimum Gasteiger partial charge on any atom is -0.472 e. The van der Waals surface area contributed by atoms with E-state index in [9.17, 15) is 8.42 Å². The Morgan fingerprint density at radius 1 is 1.59 bits per heavy atom. The van der Waals surface area contributed by atoms with Gasteiger partial charge >= 0.3 is 0 Å². The van der Waals surface area contributed by atoms with Gasteiger partial charge in [0.05, 0.1) is 24.0 Å². The van der Waals surface area contributed by atoms with E-state index in [1.54, 1.807) is 12.5 Å². The number of furan rings is 1. The molecular weight excluding hydrogens is 240 g/mol. The van der Waals surface area contributed by atoms with Crippen molar-refractivity contribution in [3.8, 4) is 0 Å². The number of nitrogens with zero attached hydrogens (tertiary/aromatic N) is 1. The molecule has 0 aliphatic carbocycles. The second-order valence-corrected chi connectivity index (χ2v) is 6.94. The number of rotatable bonds is 4. The number of likely N-dealkylation sites (N-methyl/N-ethyl adjacent to an activating group) is 1. The lowest BCUT2D eigenvalue weighted by Gasteiger charge is -2.36. The number of nitrogens with two attached hydrogens (primary N) is 1. The lowest BCUT2D eigenvalue weighted by molar-refractivity contribution is 0.142. The molecule has 2 heterocycles. The van der Waals surface area contributed by atoms with Gasteiger partial charge in [-0.2, -0.15) is 0 Å². The predicted octanol–water partition coefficient (Wildman–Crippen LogP) is 0.227. The van der Waals surface area contributed by atoms with E-state index in [1.165, 1.54) is 0 Å². The highest BCUT2D eigenvalue weighted by Crippen LogP contribution is 2.29. The zero-order valence-corrected chi connectivity index (χ0v) is 10.7. The van der Waals surface area contributed by atoms with Crippen molar-refractivity contribution in [2.75, 3.05) is 25.1 Å². The fourth-order valence-electron chi connectivity index (χ4n) is 2.34. The molecule has 2 N–H and O–H groups in total. The van der Waals surface area contributed by atoms with E-state index < -0.39 is 15.4 Å². The van der Waals surface area contributed by atoms with Crippen LogP contribution in [0.1, 0.15) is 12.0 Å². The van der Waals surface area contributed by atoms with Crippen LogP contribution in [0.3, 0.4) is 0 Å². The molecule has 0 saturated carbocycles. The van der Waals surface area contributed by atoms with Crippen LogP contribution in [0.2, 0.25) is 0 Å². The zero-order valence-electron chi connectivity index (χ0n) is 9.93. The summed E-state index contributed by atoms with van der Waals surface area (Å²) in [7, 11) is -1.02. The highest BCUT2D eigenvalue weighted by atomic mass is 32.2. The van der Waals surface area contributed by atoms with E-state index in [1.807, 2.05) is 18.0 Å². The molecule has 0 aromatic carbocycles. The van der Waals surface area contributed by atoms with Crippen LogP contribution in [0, 0.1) is 0 Å². The molecule has 1 aromatic rings. The van der Waals surface area contributed by atoms with Gasteiger partial charge in [0.25, 0.3) is 0 Å². The summed E-state index contributed by atoms with van der Waals surface area (Å²) in [6.07, 6.45) is 3.90. The fraction of sp³-hybridized carbons (Fsp3) is 0.636. The summed E-state index contributed by atoms with van der Waals surface area (Å²) in [6, 6.07) is 1.88. The zero-order chi connectivity index (χ0) is 12.5. The molecule has 0 spiro atoms. The van der Waals surface area contributed by atoms with Gasteiger partial charge in [0, 0.05) is 24.2 Å². The van der Waals surface area contributed by atoms with Gasteiger partial charge in [0.2, 0.25) is 0 Å². The maximum Gasteiger partial charge on any atom is 0.152 e. The largest absolute Gasteiger partial charge is 0.472 e. The van der Waals surface area contributed by atoms with Crippen molar-refractivity contribution >= 4 is 9.84 Å². The maximum atomic E-state index is 11.6. The first-order chi connectivity index (χ1) is 7.97. The van der Waals surface area contributed by atoms with Crippen LogP contribution in [-0.2, 0) is 16.4 Å². The SMILES string of the molecule is CN(Cc1ccoc1)C1(CN)CCS(=O)(=O)C1. The normalized spacial score (nSPS) is 27.7. The van der Waals surface area contributed by atoms with Crippen molar-refractivity contribution in [3.05, 3.63) is 24.2 Å². The first kappa shape index (κ1) is 12.6. The standard InChI is InChI=1S/C11H18N2O3S/c1-13(6-10-2-4-16-7-10)11(8-12)3-5-17(14,15)9-11/h2,4,7H,3,5-6,8-9,12H2,1H3. The van der Waals surface area contributed by atoms with Gasteiger partial charge in [-0.15, -0.1) is 0 Å². The van der Waals surface area contributed by atoms with Gasteiger partial charge in [-0.25, -0.2) is 8.42 Å². The summed E-state index contributed by atoms with van der Waals surface area (Å²) in [5.74, 6) is 0.394. The van der Waals surface area contributed by atoms with Gasteiger partial charge in [-0.1, -0.05) is 0 Å². The van der Waals surface area contributed by atoms with Gasteiger partial charge in [0.15, 0.2) is 9.84 Å². The molecular formula is C11H18N2O3S. The van der Waals surface area contributed by atoms with Crippen molar-refractivity contribution in [2.24, 2.45) is 5.73 Å². The first-order valence-electron chi connectivity index (χ1n) is 5.60. The molecule has 1 unspecified atom stereocenters. The van der Waals surface area contributed by atoms with E-state index in [2.05, 4.69) is 0 Å². The Bertz CT molecular complexity index is 469. The van der Waals surface area contributed by atoms with E-state index in [-0.39, 0.29) is 11.5 Å². The predicted molar refractivity (Wildman–Crippen MR) is 65.2 cm³/mol. The van der Waals surface area contributed by atoms with Crippen LogP contribution in [0.25, 0.3) is 0 Å². The molecule has 1 fully saturated rings. The molecule has 6 heteroatoms. The van der Waals surface area contributed by atoms with Crippen molar-refractivity contribution in [1.82, 2.24) is 4.90 Å². The Morgan fingerprint density at radius 2 is 2.35 bits per heavy atom. The maximum absolute atomic E-state index is 11.6. The molecule has 96 valence electrons. The van der Waals surface area contributed by atoms with Crippen LogP contribution >= 0.6 is 0 Å². The lowest BCUT2D eigenvalue weighted by atomic mass is 9.97. The molecule has 2 rings (SSSR count). The van der Waals surface area contributed by atoms with E-state index in [4.69, 9.17) is 10.2 Å². The highest BCUT2D eigenvalue weighted by Gasteiger charge is 2.44. The van der Waals surface area contributed by atoms with Crippen molar-refractivity contribution in [1.29, 1.82) is 0 Å².